The summed E-state index contributed by atoms with van der Waals surface area (Å²) < 4.78 is 59.5. The van der Waals surface area contributed by atoms with Gasteiger partial charge in [-0.2, -0.15) is 4.98 Å². The van der Waals surface area contributed by atoms with E-state index in [9.17, 15) is 18.5 Å². The fraction of sp³-hybridized carbons (Fsp3) is 0.455. The number of H-pyrrole nitrogens is 1. The lowest BCUT2D eigenvalue weighted by atomic mass is 10.2. The number of nitrogen functional groups attached to an aromatic ring is 1. The van der Waals surface area contributed by atoms with Crippen molar-refractivity contribution in [2.75, 3.05) is 39.2 Å². The molecule has 0 aliphatic carbocycles. The van der Waals surface area contributed by atoms with Crippen LogP contribution in [0.15, 0.2) is 29.3 Å². The van der Waals surface area contributed by atoms with Gasteiger partial charge in [0, 0.05) is 6.54 Å². The summed E-state index contributed by atoms with van der Waals surface area (Å²) in [7, 11) is -2.68. The second-order valence-corrected chi connectivity index (χ2v) is 10.3. The Morgan fingerprint density at radius 1 is 1.26 bits per heavy atom. The molecule has 3 rings (SSSR count). The number of aromatic nitrogens is 4. The third-order valence-corrected chi connectivity index (χ3v) is 6.34. The number of nitrogens with zero attached hydrogens (tertiary/aromatic N) is 3. The molecule has 208 valence electrons. The maximum atomic E-state index is 14.0. The molecule has 38 heavy (non-hydrogen) atoms. The van der Waals surface area contributed by atoms with Crippen molar-refractivity contribution in [1.29, 1.82) is 0 Å². The van der Waals surface area contributed by atoms with Crippen LogP contribution >= 0.6 is 7.60 Å². The predicted molar refractivity (Wildman–Crippen MR) is 132 cm³/mol. The van der Waals surface area contributed by atoms with Crippen LogP contribution in [0.5, 0.6) is 5.75 Å². The molecule has 0 saturated heterocycles. The van der Waals surface area contributed by atoms with Gasteiger partial charge in [-0.15, -0.1) is 0 Å². The largest absolute Gasteiger partial charge is 0.510 e. The molecule has 0 bridgehead atoms. The normalized spacial score (nSPS) is 13.0. The Morgan fingerprint density at radius 2 is 2.05 bits per heavy atom. The van der Waals surface area contributed by atoms with Gasteiger partial charge in [0.2, 0.25) is 12.7 Å². The molecule has 0 fully saturated rings. The second kappa shape index (κ2) is 13.3. The van der Waals surface area contributed by atoms with Gasteiger partial charge in [0.1, 0.15) is 6.35 Å². The molecule has 2 heterocycles. The van der Waals surface area contributed by atoms with E-state index in [2.05, 4.69) is 15.0 Å². The Bertz CT molecular complexity index is 1350. The highest BCUT2D eigenvalue weighted by atomic mass is 31.2. The van der Waals surface area contributed by atoms with Crippen molar-refractivity contribution in [3.05, 3.63) is 46.3 Å². The Hall–Kier alpha value is -3.52. The van der Waals surface area contributed by atoms with Crippen LogP contribution in [0.1, 0.15) is 19.4 Å². The number of nitrogens with two attached hydrogens (primary N) is 1. The van der Waals surface area contributed by atoms with Gasteiger partial charge < -0.3 is 33.8 Å². The van der Waals surface area contributed by atoms with Crippen molar-refractivity contribution in [3.63, 3.8) is 0 Å². The first kappa shape index (κ1) is 29.0. The molecule has 3 N–H and O–H groups in total. The van der Waals surface area contributed by atoms with Gasteiger partial charge in [-0.1, -0.05) is 19.9 Å². The lowest BCUT2D eigenvalue weighted by Gasteiger charge is -2.19. The third kappa shape index (κ3) is 8.25. The number of methoxy groups -OCH3 is 1. The van der Waals surface area contributed by atoms with E-state index in [1.54, 1.807) is 0 Å². The minimum atomic E-state index is -4.01. The highest BCUT2D eigenvalue weighted by molar-refractivity contribution is 7.53. The summed E-state index contributed by atoms with van der Waals surface area (Å²) in [4.78, 5) is 34.0. The maximum Gasteiger partial charge on any atom is 0.510 e. The smallest absolute Gasteiger partial charge is 0.494 e. The molecule has 16 heteroatoms. The minimum Gasteiger partial charge on any atom is -0.494 e. The summed E-state index contributed by atoms with van der Waals surface area (Å²) >= 11 is 0. The van der Waals surface area contributed by atoms with Gasteiger partial charge in [-0.25, -0.2) is 14.2 Å². The molecule has 0 radical (unpaired) electrons. The first-order valence-corrected chi connectivity index (χ1v) is 13.1. The molecule has 0 aliphatic heterocycles. The van der Waals surface area contributed by atoms with Gasteiger partial charge in [0.05, 0.1) is 33.3 Å². The number of imidazole rings is 1. The van der Waals surface area contributed by atoms with Crippen LogP contribution in [0.4, 0.5) is 15.1 Å². The summed E-state index contributed by atoms with van der Waals surface area (Å²) in [5.74, 6) is -0.570. The van der Waals surface area contributed by atoms with E-state index < -0.39 is 38.3 Å². The quantitative estimate of drug-likeness (QED) is 0.128. The van der Waals surface area contributed by atoms with Gasteiger partial charge in [0.15, 0.2) is 22.7 Å². The number of fused-ring (bicyclic) bond motifs is 1. The Morgan fingerprint density at radius 3 is 2.76 bits per heavy atom. The molecule has 0 saturated carbocycles. The van der Waals surface area contributed by atoms with E-state index in [4.69, 9.17) is 33.7 Å². The molecule has 1 unspecified atom stereocenters. The van der Waals surface area contributed by atoms with Crippen LogP contribution in [0.25, 0.3) is 11.2 Å². The number of carbonyl (C=O) groups excluding carboxylic acids is 1. The molecular formula is C22H29FN5O9P. The van der Waals surface area contributed by atoms with E-state index >= 15 is 0 Å². The number of aromatic amines is 1. The first-order chi connectivity index (χ1) is 18.1. The average molecular weight is 557 g/mol. The molecule has 1 aromatic carbocycles. The summed E-state index contributed by atoms with van der Waals surface area (Å²) in [6.07, 6.45) is -0.146. The summed E-state index contributed by atoms with van der Waals surface area (Å²) in [5.41, 5.74) is 5.81. The van der Waals surface area contributed by atoms with Crippen LogP contribution < -0.4 is 16.0 Å². The van der Waals surface area contributed by atoms with Gasteiger partial charge in [-0.05, 0) is 23.6 Å². The zero-order chi connectivity index (χ0) is 27.7. The lowest BCUT2D eigenvalue weighted by Crippen LogP contribution is -2.15. The number of rotatable bonds is 14. The van der Waals surface area contributed by atoms with E-state index in [1.165, 1.54) is 30.1 Å². The summed E-state index contributed by atoms with van der Waals surface area (Å²) in [5, 5.41) is 0. The Labute approximate surface area is 216 Å². The monoisotopic (exact) mass is 557 g/mol. The van der Waals surface area contributed by atoms with Crippen molar-refractivity contribution in [2.24, 2.45) is 5.92 Å². The standard InChI is InChI=1S/C22H29FN5O9P/c1-14(2)9-34-22(30)35-12-37-38(31,36-10-15-4-5-17(32-3)16(23)8-15)13-33-7-6-28-11-25-18-19(28)26-21(24)27-20(18)29/h4-5,8,11,14H,6-7,9-10,12-13H2,1-3H3,(H3,24,26,27,29). The molecule has 1 atom stereocenters. The van der Waals surface area contributed by atoms with E-state index in [0.29, 0.717) is 5.56 Å². The SMILES string of the molecule is COc1ccc(COP(=O)(COCCn2cnc3c(=O)[nH]c(N)nc32)OCOC(=O)OCC(C)C)cc1F. The molecular weight excluding hydrogens is 528 g/mol. The molecule has 0 aliphatic rings. The van der Waals surface area contributed by atoms with E-state index in [-0.39, 0.29) is 55.1 Å². The fourth-order valence-electron chi connectivity index (χ4n) is 2.99. The summed E-state index contributed by atoms with van der Waals surface area (Å²) in [6, 6.07) is 4.08. The number of nitrogens with one attached hydrogen (secondary N) is 1. The number of benzene rings is 1. The number of hydrogen-bond acceptors (Lipinski definition) is 12. The van der Waals surface area contributed by atoms with Crippen molar-refractivity contribution in [3.8, 4) is 5.75 Å². The molecule has 14 nitrogen and oxygen atoms in total. The maximum absolute atomic E-state index is 14.0. The first-order valence-electron chi connectivity index (χ1n) is 11.4. The van der Waals surface area contributed by atoms with Crippen LogP contribution in [0, 0.1) is 11.7 Å². The van der Waals surface area contributed by atoms with Crippen LogP contribution in [-0.2, 0) is 41.0 Å². The van der Waals surface area contributed by atoms with Crippen molar-refractivity contribution in [2.45, 2.75) is 27.0 Å². The number of halogens is 1. The topological polar surface area (TPSA) is 179 Å². The minimum absolute atomic E-state index is 0.00892. The Kier molecular flexibility index (Phi) is 10.2. The van der Waals surface area contributed by atoms with Crippen LogP contribution in [0.2, 0.25) is 0 Å². The lowest BCUT2D eigenvalue weighted by molar-refractivity contribution is -0.00923. The predicted octanol–water partition coefficient (Wildman–Crippen LogP) is 3.02. The fourth-order valence-corrected chi connectivity index (χ4v) is 4.12. The summed E-state index contributed by atoms with van der Waals surface area (Å²) in [6.45, 7) is 2.97. The van der Waals surface area contributed by atoms with Crippen LogP contribution in [-0.4, -0.2) is 59.1 Å². The van der Waals surface area contributed by atoms with E-state index in [1.807, 2.05) is 13.8 Å². The van der Waals surface area contributed by atoms with Crippen molar-refractivity contribution < 1.29 is 41.7 Å². The van der Waals surface area contributed by atoms with Crippen molar-refractivity contribution in [1.82, 2.24) is 19.5 Å². The van der Waals surface area contributed by atoms with Gasteiger partial charge in [-0.3, -0.25) is 18.9 Å². The van der Waals surface area contributed by atoms with E-state index in [0.717, 1.165) is 6.07 Å². The zero-order valence-corrected chi connectivity index (χ0v) is 21.9. The zero-order valence-electron chi connectivity index (χ0n) is 21.0. The number of anilines is 1. The Balaban J connectivity index is 1.60. The van der Waals surface area contributed by atoms with Gasteiger partial charge in [0.25, 0.3) is 5.56 Å². The molecule has 0 spiro atoms. The van der Waals surface area contributed by atoms with Gasteiger partial charge >= 0.3 is 13.8 Å². The number of hydrogen-bond donors (Lipinski definition) is 2. The second-order valence-electron chi connectivity index (χ2n) is 8.30. The highest BCUT2D eigenvalue weighted by Gasteiger charge is 2.27. The third-order valence-electron chi connectivity index (χ3n) is 4.82. The number of ether oxygens (including phenoxy) is 4. The van der Waals surface area contributed by atoms with Crippen molar-refractivity contribution >= 4 is 30.9 Å². The average Bonchev–Trinajstić information content (AvgIpc) is 3.27. The number of carbonyl (C=O) groups is 1. The molecule has 3 aromatic rings. The molecule has 2 aromatic heterocycles. The highest BCUT2D eigenvalue weighted by Crippen LogP contribution is 2.49. The van der Waals surface area contributed by atoms with Crippen LogP contribution in [0.3, 0.4) is 0 Å². The molecule has 0 amide bonds.